The number of aliphatic hydroxyl groups excluding tert-OH is 2. The van der Waals surface area contributed by atoms with Crippen molar-refractivity contribution in [2.24, 2.45) is 5.41 Å². The average molecular weight is 507 g/mol. The predicted octanol–water partition coefficient (Wildman–Crippen LogP) is 4.06. The fourth-order valence-electron chi connectivity index (χ4n) is 6.13. The van der Waals surface area contributed by atoms with Crippen molar-refractivity contribution in [3.63, 3.8) is 0 Å². The summed E-state index contributed by atoms with van der Waals surface area (Å²) in [4.78, 5) is 22.9. The molecule has 196 valence electrons. The van der Waals surface area contributed by atoms with E-state index in [1.807, 2.05) is 6.07 Å². The molecular formula is C28H34N4O5. The summed E-state index contributed by atoms with van der Waals surface area (Å²) in [6.07, 6.45) is 7.82. The summed E-state index contributed by atoms with van der Waals surface area (Å²) in [7, 11) is 0. The van der Waals surface area contributed by atoms with E-state index in [1.54, 1.807) is 12.1 Å². The molecule has 3 heterocycles. The minimum atomic E-state index is -1.31. The molecule has 1 unspecified atom stereocenters. The van der Waals surface area contributed by atoms with Gasteiger partial charge in [-0.2, -0.15) is 0 Å². The minimum absolute atomic E-state index is 0.0502. The van der Waals surface area contributed by atoms with Crippen LogP contribution in [0.25, 0.3) is 10.4 Å². The second-order valence-electron chi connectivity index (χ2n) is 11.7. The molecule has 2 aromatic rings. The van der Waals surface area contributed by atoms with Crippen LogP contribution in [0.4, 0.5) is 11.5 Å². The maximum Gasteiger partial charge on any atom is 0.314 e. The summed E-state index contributed by atoms with van der Waals surface area (Å²) in [5.41, 5.74) is 0.263. The first-order valence-corrected chi connectivity index (χ1v) is 12.8. The highest BCUT2D eigenvalue weighted by Gasteiger charge is 2.60. The van der Waals surface area contributed by atoms with Gasteiger partial charge in [0.1, 0.15) is 0 Å². The number of carbonyl (C=O) groups is 1. The average Bonchev–Trinajstić information content (AvgIpc) is 3.48. The number of allylic oxidation sites excluding steroid dienone is 2. The second-order valence-corrected chi connectivity index (χ2v) is 11.7. The lowest BCUT2D eigenvalue weighted by Gasteiger charge is -2.47. The minimum Gasteiger partial charge on any atom is -0.393 e. The van der Waals surface area contributed by atoms with Crippen molar-refractivity contribution in [2.75, 3.05) is 18.5 Å². The number of hydrogen-bond donors (Lipinski definition) is 5. The first-order valence-electron chi connectivity index (χ1n) is 12.8. The van der Waals surface area contributed by atoms with Crippen LogP contribution in [-0.2, 0) is 10.3 Å². The lowest BCUT2D eigenvalue weighted by Crippen LogP contribution is -2.54. The van der Waals surface area contributed by atoms with Crippen LogP contribution in [0.2, 0.25) is 0 Å². The van der Waals surface area contributed by atoms with E-state index in [9.17, 15) is 20.1 Å². The number of benzene rings is 1. The first kappa shape index (κ1) is 25.6. The molecule has 2 saturated heterocycles. The smallest absolute Gasteiger partial charge is 0.314 e. The van der Waals surface area contributed by atoms with Crippen LogP contribution in [0.3, 0.4) is 0 Å². The van der Waals surface area contributed by atoms with Gasteiger partial charge < -0.3 is 30.2 Å². The van der Waals surface area contributed by atoms with Crippen LogP contribution >= 0.6 is 0 Å². The molecule has 0 radical (unpaired) electrons. The molecule has 9 nitrogen and oxygen atoms in total. The summed E-state index contributed by atoms with van der Waals surface area (Å²) in [5, 5.41) is 35.1. The number of H-pyrrole nitrogens is 1. The van der Waals surface area contributed by atoms with Gasteiger partial charge in [0.25, 0.3) is 5.82 Å². The summed E-state index contributed by atoms with van der Waals surface area (Å²) in [6.45, 7) is 11.1. The number of aromatic nitrogens is 2. The van der Waals surface area contributed by atoms with Crippen LogP contribution in [-0.4, -0.2) is 55.6 Å². The van der Waals surface area contributed by atoms with Gasteiger partial charge in [-0.15, -0.1) is 0 Å². The van der Waals surface area contributed by atoms with Gasteiger partial charge in [-0.25, -0.2) is 4.98 Å². The van der Waals surface area contributed by atoms with E-state index in [4.69, 9.17) is 11.3 Å². The van der Waals surface area contributed by atoms with Gasteiger partial charge in [-0.3, -0.25) is 9.78 Å². The molecule has 2 fully saturated rings. The van der Waals surface area contributed by atoms with Gasteiger partial charge in [0.2, 0.25) is 5.82 Å². The number of aromatic amines is 1. The number of nitrogens with one attached hydrogen (secondary N) is 2. The summed E-state index contributed by atoms with van der Waals surface area (Å²) in [5.74, 6) is -0.221. The third kappa shape index (κ3) is 4.71. The molecule has 0 saturated carbocycles. The fourth-order valence-corrected chi connectivity index (χ4v) is 6.13. The van der Waals surface area contributed by atoms with Crippen LogP contribution in [0.15, 0.2) is 30.5 Å². The maximum atomic E-state index is 12.9. The molecule has 9 heteroatoms. The standard InChI is InChI=1S/C28H34N4O5/c1-25(2)8-6-18(7-9-25)20-12-19(4-5-21(20)31-24(35)23-30-13-22(29-3)32-23)28(36)14-26(16-33)10-11-27(15-28,17-34)37-26/h4-6,12-13,33-34,36H,7-11,14-17H2,1-2H3,(H,30,32)(H,31,35)/t26-,27+,28?. The van der Waals surface area contributed by atoms with E-state index in [0.29, 0.717) is 24.1 Å². The Morgan fingerprint density at radius 2 is 1.89 bits per heavy atom. The van der Waals surface area contributed by atoms with Crippen LogP contribution in [0.1, 0.15) is 80.5 Å². The lowest BCUT2D eigenvalue weighted by molar-refractivity contribution is -0.231. The summed E-state index contributed by atoms with van der Waals surface area (Å²) >= 11 is 0. The molecule has 1 aromatic carbocycles. The Hall–Kier alpha value is -3.03. The number of imidazole rings is 1. The molecule has 2 aliphatic heterocycles. The van der Waals surface area contributed by atoms with E-state index < -0.39 is 22.7 Å². The molecular weight excluding hydrogens is 472 g/mol. The van der Waals surface area contributed by atoms with Crippen molar-refractivity contribution >= 4 is 23.0 Å². The number of hydrogen-bond acceptors (Lipinski definition) is 6. The molecule has 3 aliphatic rings. The quantitative estimate of drug-likeness (QED) is 0.376. The van der Waals surface area contributed by atoms with Crippen molar-refractivity contribution in [3.8, 4) is 0 Å². The van der Waals surface area contributed by atoms with Gasteiger partial charge in [-0.1, -0.05) is 32.6 Å². The van der Waals surface area contributed by atoms with E-state index >= 15 is 0 Å². The van der Waals surface area contributed by atoms with E-state index in [0.717, 1.165) is 30.4 Å². The first-order chi connectivity index (χ1) is 17.5. The molecule has 3 atom stereocenters. The number of nitrogens with zero attached hydrogens (tertiary/aromatic N) is 2. The molecule has 5 N–H and O–H groups in total. The Morgan fingerprint density at radius 1 is 1.19 bits per heavy atom. The largest absolute Gasteiger partial charge is 0.393 e. The Kier molecular flexibility index (Phi) is 6.28. The van der Waals surface area contributed by atoms with Gasteiger partial charge >= 0.3 is 5.91 Å². The molecule has 1 amide bonds. The van der Waals surface area contributed by atoms with Crippen LogP contribution < -0.4 is 5.32 Å². The monoisotopic (exact) mass is 506 g/mol. The summed E-state index contributed by atoms with van der Waals surface area (Å²) in [6, 6.07) is 5.50. The van der Waals surface area contributed by atoms with E-state index in [-0.39, 0.29) is 43.1 Å². The number of rotatable bonds is 6. The molecule has 1 aromatic heterocycles. The highest BCUT2D eigenvalue weighted by atomic mass is 16.6. The lowest BCUT2D eigenvalue weighted by atomic mass is 9.74. The number of ether oxygens (including phenoxy) is 1. The van der Waals surface area contributed by atoms with Crippen LogP contribution in [0.5, 0.6) is 0 Å². The third-order valence-corrected chi connectivity index (χ3v) is 8.30. The van der Waals surface area contributed by atoms with Gasteiger partial charge in [0.05, 0.1) is 36.2 Å². The zero-order valence-corrected chi connectivity index (χ0v) is 21.3. The Labute approximate surface area is 216 Å². The van der Waals surface area contributed by atoms with Crippen molar-refractivity contribution < 1.29 is 24.9 Å². The topological polar surface area (TPSA) is 132 Å². The molecule has 2 bridgehead atoms. The van der Waals surface area contributed by atoms with Crippen molar-refractivity contribution in [2.45, 2.75) is 75.6 Å². The Morgan fingerprint density at radius 3 is 2.46 bits per heavy atom. The summed E-state index contributed by atoms with van der Waals surface area (Å²) < 4.78 is 6.13. The SMILES string of the molecule is [C-]#[N+]c1cnc(C(=O)Nc2ccc(C3(O)C[C@]4(CO)CC[C@](CO)(C3)O4)cc2C2=CCC(C)(C)CC2)[nH]1. The van der Waals surface area contributed by atoms with Crippen molar-refractivity contribution in [1.29, 1.82) is 0 Å². The number of fused-ring (bicyclic) bond motifs is 2. The zero-order chi connectivity index (χ0) is 26.5. The number of carbonyl (C=O) groups excluding carboxylic acids is 1. The normalized spacial score (nSPS) is 30.4. The number of aliphatic hydroxyl groups is 3. The molecule has 0 spiro atoms. The fraction of sp³-hybridized carbons (Fsp3) is 0.536. The van der Waals surface area contributed by atoms with Gasteiger partial charge in [-0.05, 0) is 60.8 Å². The van der Waals surface area contributed by atoms with Gasteiger partial charge in [0, 0.05) is 24.1 Å². The highest BCUT2D eigenvalue weighted by Crippen LogP contribution is 2.55. The molecule has 37 heavy (non-hydrogen) atoms. The predicted molar refractivity (Wildman–Crippen MR) is 138 cm³/mol. The second kappa shape index (κ2) is 9.07. The number of amides is 1. The Balaban J connectivity index is 1.53. The van der Waals surface area contributed by atoms with Crippen molar-refractivity contribution in [3.05, 3.63) is 58.8 Å². The zero-order valence-electron chi connectivity index (χ0n) is 21.3. The van der Waals surface area contributed by atoms with Gasteiger partial charge in [0.15, 0.2) is 0 Å². The number of anilines is 1. The van der Waals surface area contributed by atoms with Crippen molar-refractivity contribution in [1.82, 2.24) is 9.97 Å². The third-order valence-electron chi connectivity index (χ3n) is 8.30. The molecule has 5 rings (SSSR count). The maximum absolute atomic E-state index is 12.9. The Bertz CT molecular complexity index is 1270. The molecule has 1 aliphatic carbocycles. The van der Waals surface area contributed by atoms with E-state index in [1.165, 1.54) is 6.20 Å². The highest BCUT2D eigenvalue weighted by molar-refractivity contribution is 6.03. The van der Waals surface area contributed by atoms with E-state index in [2.05, 4.69) is 40.1 Å². The van der Waals surface area contributed by atoms with Crippen LogP contribution in [0, 0.1) is 12.0 Å².